The summed E-state index contributed by atoms with van der Waals surface area (Å²) in [4.78, 5) is 0. The number of fused-ring (bicyclic) bond motifs is 1. The highest BCUT2D eigenvalue weighted by Crippen LogP contribution is 2.49. The van der Waals surface area contributed by atoms with Gasteiger partial charge in [0, 0.05) is 17.4 Å². The Morgan fingerprint density at radius 1 is 1.50 bits per heavy atom. The fraction of sp³-hybridized carbons (Fsp3) is 1.00. The summed E-state index contributed by atoms with van der Waals surface area (Å²) in [6, 6.07) is 0.586. The average Bonchev–Trinajstić information content (AvgIpc) is 2.31. The molecule has 2 aliphatic rings. The van der Waals surface area contributed by atoms with E-state index in [1.807, 2.05) is 0 Å². The van der Waals surface area contributed by atoms with Crippen LogP contribution in [0, 0.1) is 11.3 Å². The molecular formula is C8H15NO. The minimum absolute atomic E-state index is 0.0625. The average molecular weight is 141 g/mol. The molecule has 1 heterocycles. The van der Waals surface area contributed by atoms with Gasteiger partial charge in [-0.3, -0.25) is 0 Å². The SMILES string of the molecule is CC1(C)[C@@H](O)[C@@H]2CCN[C@@H]21. The zero-order valence-corrected chi connectivity index (χ0v) is 6.59. The van der Waals surface area contributed by atoms with E-state index in [1.54, 1.807) is 0 Å². The van der Waals surface area contributed by atoms with Crippen LogP contribution >= 0.6 is 0 Å². The number of nitrogens with one attached hydrogen (secondary N) is 1. The molecule has 1 saturated heterocycles. The molecule has 2 rings (SSSR count). The molecule has 10 heavy (non-hydrogen) atoms. The molecule has 2 nitrogen and oxygen atoms in total. The van der Waals surface area contributed by atoms with Gasteiger partial charge in [-0.15, -0.1) is 0 Å². The van der Waals surface area contributed by atoms with Crippen LogP contribution < -0.4 is 5.32 Å². The van der Waals surface area contributed by atoms with Crippen LogP contribution in [-0.2, 0) is 0 Å². The van der Waals surface area contributed by atoms with E-state index < -0.39 is 0 Å². The third kappa shape index (κ3) is 0.565. The molecule has 2 heteroatoms. The van der Waals surface area contributed by atoms with Gasteiger partial charge in [-0.2, -0.15) is 0 Å². The molecular weight excluding hydrogens is 126 g/mol. The molecule has 0 amide bonds. The van der Waals surface area contributed by atoms with Crippen molar-refractivity contribution in [2.45, 2.75) is 32.4 Å². The molecule has 2 N–H and O–H groups in total. The Balaban J connectivity index is 2.15. The van der Waals surface area contributed by atoms with Crippen molar-refractivity contribution in [2.75, 3.05) is 6.54 Å². The summed E-state index contributed by atoms with van der Waals surface area (Å²) in [7, 11) is 0. The summed E-state index contributed by atoms with van der Waals surface area (Å²) >= 11 is 0. The predicted molar refractivity (Wildman–Crippen MR) is 39.7 cm³/mol. The normalized spacial score (nSPS) is 50.1. The van der Waals surface area contributed by atoms with Crippen LogP contribution in [0.4, 0.5) is 0 Å². The lowest BCUT2D eigenvalue weighted by Crippen LogP contribution is -2.63. The minimum Gasteiger partial charge on any atom is -0.392 e. The molecule has 0 unspecified atom stereocenters. The molecule has 0 aromatic heterocycles. The van der Waals surface area contributed by atoms with Crippen LogP contribution in [-0.4, -0.2) is 23.8 Å². The third-order valence-electron chi connectivity index (χ3n) is 3.24. The van der Waals surface area contributed by atoms with Crippen LogP contribution in [0.15, 0.2) is 0 Å². The summed E-state index contributed by atoms with van der Waals surface area (Å²) in [6.07, 6.45) is 1.10. The van der Waals surface area contributed by atoms with E-state index in [4.69, 9.17) is 0 Å². The quantitative estimate of drug-likeness (QED) is 0.510. The van der Waals surface area contributed by atoms with Gasteiger partial charge in [0.25, 0.3) is 0 Å². The Morgan fingerprint density at radius 2 is 2.20 bits per heavy atom. The monoisotopic (exact) mass is 141 g/mol. The first-order valence-electron chi connectivity index (χ1n) is 4.05. The summed E-state index contributed by atoms with van der Waals surface area (Å²) < 4.78 is 0. The second kappa shape index (κ2) is 1.74. The van der Waals surface area contributed by atoms with Crippen LogP contribution in [0.3, 0.4) is 0 Å². The standard InChI is InChI=1S/C8H15NO/c1-8(2)6-5(7(8)10)3-4-9-6/h5-7,9-10H,3-4H2,1-2H3/t5-,6+,7+/m1/s1. The zero-order chi connectivity index (χ0) is 7.35. The topological polar surface area (TPSA) is 32.3 Å². The molecule has 0 aromatic carbocycles. The highest BCUT2D eigenvalue weighted by atomic mass is 16.3. The van der Waals surface area contributed by atoms with Crippen LogP contribution in [0.2, 0.25) is 0 Å². The Morgan fingerprint density at radius 3 is 2.80 bits per heavy atom. The second-order valence-corrected chi connectivity index (χ2v) is 4.15. The molecule has 1 aliphatic heterocycles. The molecule has 0 radical (unpaired) electrons. The van der Waals surface area contributed by atoms with Crippen LogP contribution in [0.1, 0.15) is 20.3 Å². The van der Waals surface area contributed by atoms with Crippen molar-refractivity contribution in [1.29, 1.82) is 0 Å². The van der Waals surface area contributed by atoms with Crippen molar-refractivity contribution in [2.24, 2.45) is 11.3 Å². The highest BCUT2D eigenvalue weighted by molar-refractivity contribution is 5.11. The first-order chi connectivity index (χ1) is 4.64. The van der Waals surface area contributed by atoms with Gasteiger partial charge in [0.1, 0.15) is 0 Å². The summed E-state index contributed by atoms with van der Waals surface area (Å²) in [5, 5.41) is 13.0. The lowest BCUT2D eigenvalue weighted by atomic mass is 9.58. The zero-order valence-electron chi connectivity index (χ0n) is 6.59. The number of rotatable bonds is 0. The second-order valence-electron chi connectivity index (χ2n) is 4.15. The van der Waals surface area contributed by atoms with Gasteiger partial charge in [0.05, 0.1) is 6.10 Å². The van der Waals surface area contributed by atoms with E-state index in [-0.39, 0.29) is 11.5 Å². The fourth-order valence-electron chi connectivity index (χ4n) is 2.50. The number of aliphatic hydroxyl groups is 1. The first-order valence-corrected chi connectivity index (χ1v) is 4.05. The minimum atomic E-state index is -0.0625. The van der Waals surface area contributed by atoms with Gasteiger partial charge >= 0.3 is 0 Å². The third-order valence-corrected chi connectivity index (χ3v) is 3.24. The fourth-order valence-corrected chi connectivity index (χ4v) is 2.50. The largest absolute Gasteiger partial charge is 0.392 e. The van der Waals surface area contributed by atoms with Crippen molar-refractivity contribution in [3.63, 3.8) is 0 Å². The number of hydrogen-bond acceptors (Lipinski definition) is 2. The van der Waals surface area contributed by atoms with Crippen molar-refractivity contribution in [1.82, 2.24) is 5.32 Å². The maximum absolute atomic E-state index is 9.61. The Kier molecular flexibility index (Phi) is 1.15. The smallest absolute Gasteiger partial charge is 0.0649 e. The van der Waals surface area contributed by atoms with E-state index in [2.05, 4.69) is 19.2 Å². The molecule has 0 aromatic rings. The molecule has 0 spiro atoms. The summed E-state index contributed by atoms with van der Waals surface area (Å²) in [5.41, 5.74) is 0.126. The van der Waals surface area contributed by atoms with Gasteiger partial charge in [0.15, 0.2) is 0 Å². The molecule has 0 bridgehead atoms. The van der Waals surface area contributed by atoms with Gasteiger partial charge in [-0.05, 0) is 13.0 Å². The van der Waals surface area contributed by atoms with Crippen molar-refractivity contribution < 1.29 is 5.11 Å². The number of aliphatic hydroxyl groups excluding tert-OH is 1. The molecule has 2 fully saturated rings. The van der Waals surface area contributed by atoms with Gasteiger partial charge in [-0.1, -0.05) is 13.8 Å². The Bertz CT molecular complexity index is 155. The highest BCUT2D eigenvalue weighted by Gasteiger charge is 2.57. The van der Waals surface area contributed by atoms with Gasteiger partial charge in [0.2, 0.25) is 0 Å². The molecule has 3 atom stereocenters. The maximum Gasteiger partial charge on any atom is 0.0649 e. The van der Waals surface area contributed by atoms with Crippen molar-refractivity contribution in [3.05, 3.63) is 0 Å². The van der Waals surface area contributed by atoms with E-state index in [0.717, 1.165) is 13.0 Å². The van der Waals surface area contributed by atoms with Crippen molar-refractivity contribution in [3.8, 4) is 0 Å². The van der Waals surface area contributed by atoms with E-state index in [1.165, 1.54) is 0 Å². The number of hydrogen-bond donors (Lipinski definition) is 2. The molecule has 58 valence electrons. The Hall–Kier alpha value is -0.0800. The Labute approximate surface area is 61.6 Å². The maximum atomic E-state index is 9.61. The van der Waals surface area contributed by atoms with E-state index in [9.17, 15) is 5.11 Å². The molecule has 1 saturated carbocycles. The van der Waals surface area contributed by atoms with Gasteiger partial charge in [-0.25, -0.2) is 0 Å². The lowest BCUT2D eigenvalue weighted by Gasteiger charge is -2.52. The lowest BCUT2D eigenvalue weighted by molar-refractivity contribution is -0.113. The summed E-state index contributed by atoms with van der Waals surface area (Å²) in [6.45, 7) is 5.37. The van der Waals surface area contributed by atoms with E-state index in [0.29, 0.717) is 12.0 Å². The van der Waals surface area contributed by atoms with Crippen LogP contribution in [0.25, 0.3) is 0 Å². The van der Waals surface area contributed by atoms with Crippen molar-refractivity contribution >= 4 is 0 Å². The first kappa shape index (κ1) is 6.62. The molecule has 1 aliphatic carbocycles. The van der Waals surface area contributed by atoms with Crippen LogP contribution in [0.5, 0.6) is 0 Å². The van der Waals surface area contributed by atoms with Gasteiger partial charge < -0.3 is 10.4 Å². The summed E-state index contributed by atoms with van der Waals surface area (Å²) in [5.74, 6) is 0.551. The predicted octanol–water partition coefficient (Wildman–Crippen LogP) is 0.365. The van der Waals surface area contributed by atoms with E-state index >= 15 is 0 Å².